The number of hydrogen-bond donors (Lipinski definition) is 2. The molecule has 1 saturated carbocycles. The second kappa shape index (κ2) is 7.91. The van der Waals surface area contributed by atoms with Crippen LogP contribution in [0.4, 0.5) is 4.79 Å². The topological polar surface area (TPSA) is 77.8 Å². The molecule has 138 valence electrons. The number of piperidine rings is 1. The molecule has 2 heterocycles. The van der Waals surface area contributed by atoms with E-state index in [0.29, 0.717) is 19.1 Å². The minimum atomic E-state index is 0.00121. The molecular weight excluding hydrogens is 320 g/mol. The van der Waals surface area contributed by atoms with Gasteiger partial charge in [-0.2, -0.15) is 0 Å². The van der Waals surface area contributed by atoms with Crippen molar-refractivity contribution in [2.24, 2.45) is 0 Å². The van der Waals surface area contributed by atoms with Gasteiger partial charge in [-0.3, -0.25) is 9.69 Å². The van der Waals surface area contributed by atoms with E-state index in [1.807, 2.05) is 24.0 Å². The minimum Gasteiger partial charge on any atom is -0.464 e. The number of carbonyl (C=O) groups is 2. The van der Waals surface area contributed by atoms with Gasteiger partial charge in [0.15, 0.2) is 0 Å². The van der Waals surface area contributed by atoms with Gasteiger partial charge in [-0.1, -0.05) is 0 Å². The van der Waals surface area contributed by atoms with E-state index < -0.39 is 0 Å². The van der Waals surface area contributed by atoms with Gasteiger partial charge in [-0.05, 0) is 44.7 Å². The van der Waals surface area contributed by atoms with Crippen LogP contribution in [0.15, 0.2) is 16.5 Å². The molecule has 2 N–H and O–H groups in total. The van der Waals surface area contributed by atoms with Crippen molar-refractivity contribution in [3.05, 3.63) is 23.7 Å². The molecular formula is C18H28N4O3. The smallest absolute Gasteiger partial charge is 0.318 e. The van der Waals surface area contributed by atoms with Gasteiger partial charge >= 0.3 is 6.03 Å². The van der Waals surface area contributed by atoms with Crippen molar-refractivity contribution in [1.29, 1.82) is 0 Å². The Hall–Kier alpha value is -2.02. The molecule has 1 aliphatic heterocycles. The third-order valence-corrected chi connectivity index (χ3v) is 4.93. The maximum absolute atomic E-state index is 12.7. The van der Waals surface area contributed by atoms with E-state index in [2.05, 4.69) is 15.5 Å². The predicted octanol–water partition coefficient (Wildman–Crippen LogP) is 1.47. The highest BCUT2D eigenvalue weighted by Gasteiger charge is 2.34. The molecule has 0 spiro atoms. The van der Waals surface area contributed by atoms with E-state index >= 15 is 0 Å². The quantitative estimate of drug-likeness (QED) is 0.816. The molecule has 1 aliphatic carbocycles. The molecule has 7 heteroatoms. The van der Waals surface area contributed by atoms with E-state index in [1.165, 1.54) is 0 Å². The molecule has 0 aromatic carbocycles. The highest BCUT2D eigenvalue weighted by molar-refractivity contribution is 5.77. The normalized spacial score (nSPS) is 18.8. The first-order valence-corrected chi connectivity index (χ1v) is 9.10. The van der Waals surface area contributed by atoms with Crippen LogP contribution in [0, 0.1) is 6.92 Å². The third kappa shape index (κ3) is 4.98. The van der Waals surface area contributed by atoms with Crippen molar-refractivity contribution in [3.63, 3.8) is 0 Å². The monoisotopic (exact) mass is 348 g/mol. The lowest BCUT2D eigenvalue weighted by atomic mass is 10.1. The Morgan fingerprint density at radius 1 is 1.24 bits per heavy atom. The molecule has 2 aliphatic rings. The van der Waals surface area contributed by atoms with Crippen LogP contribution in [0.1, 0.15) is 37.2 Å². The highest BCUT2D eigenvalue weighted by Crippen LogP contribution is 2.29. The molecule has 25 heavy (non-hydrogen) atoms. The molecule has 0 atom stereocenters. The number of likely N-dealkylation sites (N-methyl/N-ethyl adjacent to an activating group) is 1. The minimum absolute atomic E-state index is 0.00121. The Morgan fingerprint density at radius 3 is 2.52 bits per heavy atom. The van der Waals surface area contributed by atoms with E-state index in [4.69, 9.17) is 4.42 Å². The molecule has 3 amide bonds. The average Bonchev–Trinajstić information content (AvgIpc) is 3.36. The van der Waals surface area contributed by atoms with Crippen LogP contribution in [0.5, 0.6) is 0 Å². The molecule has 1 aromatic heterocycles. The summed E-state index contributed by atoms with van der Waals surface area (Å²) in [4.78, 5) is 28.2. The number of urea groups is 1. The zero-order valence-electron chi connectivity index (χ0n) is 15.1. The fourth-order valence-electron chi connectivity index (χ4n) is 3.27. The number of aryl methyl sites for hydroxylation is 1. The Bertz CT molecular complexity index is 603. The maximum atomic E-state index is 12.7. The molecule has 7 nitrogen and oxygen atoms in total. The number of furan rings is 1. The standard InChI is InChI=1S/C18H28N4O3/c1-13-3-6-16(25-13)11-22(15-4-5-15)18(24)20-14-7-9-21(10-8-14)12-17(23)19-2/h3,6,14-15H,4-5,7-12H2,1-2H3,(H,19,23)(H,20,24). The summed E-state index contributed by atoms with van der Waals surface area (Å²) in [5, 5.41) is 5.82. The Labute approximate surface area is 148 Å². The van der Waals surface area contributed by atoms with Crippen LogP contribution in [0.3, 0.4) is 0 Å². The van der Waals surface area contributed by atoms with E-state index in [-0.39, 0.29) is 18.0 Å². The first-order chi connectivity index (χ1) is 12.0. The van der Waals surface area contributed by atoms with Gasteiger partial charge in [-0.25, -0.2) is 4.79 Å². The number of nitrogens with one attached hydrogen (secondary N) is 2. The van der Waals surface area contributed by atoms with Crippen molar-refractivity contribution in [1.82, 2.24) is 20.4 Å². The summed E-state index contributed by atoms with van der Waals surface area (Å²) >= 11 is 0. The lowest BCUT2D eigenvalue weighted by Gasteiger charge is -2.33. The SMILES string of the molecule is CNC(=O)CN1CCC(NC(=O)N(Cc2ccc(C)o2)C2CC2)CC1. The van der Waals surface area contributed by atoms with Crippen LogP contribution in [0.25, 0.3) is 0 Å². The maximum Gasteiger partial charge on any atom is 0.318 e. The number of carbonyl (C=O) groups excluding carboxylic acids is 2. The summed E-state index contributed by atoms with van der Waals surface area (Å²) in [6.07, 6.45) is 3.89. The summed E-state index contributed by atoms with van der Waals surface area (Å²) in [6.45, 7) is 4.54. The predicted molar refractivity (Wildman–Crippen MR) is 94.1 cm³/mol. The average molecular weight is 348 g/mol. The third-order valence-electron chi connectivity index (χ3n) is 4.93. The number of nitrogens with zero attached hydrogens (tertiary/aromatic N) is 2. The zero-order chi connectivity index (χ0) is 17.8. The van der Waals surface area contributed by atoms with Gasteiger partial charge in [0.25, 0.3) is 0 Å². The van der Waals surface area contributed by atoms with E-state index in [9.17, 15) is 9.59 Å². The second-order valence-electron chi connectivity index (χ2n) is 7.04. The van der Waals surface area contributed by atoms with Gasteiger partial charge in [0, 0.05) is 32.2 Å². The van der Waals surface area contributed by atoms with Gasteiger partial charge in [-0.15, -0.1) is 0 Å². The second-order valence-corrected chi connectivity index (χ2v) is 7.04. The number of hydrogen-bond acceptors (Lipinski definition) is 4. The number of amides is 3. The summed E-state index contributed by atoms with van der Waals surface area (Å²) in [7, 11) is 1.66. The van der Waals surface area contributed by atoms with Crippen LogP contribution < -0.4 is 10.6 Å². The molecule has 0 radical (unpaired) electrons. The Kier molecular flexibility index (Phi) is 5.63. The summed E-state index contributed by atoms with van der Waals surface area (Å²) in [6, 6.07) is 4.38. The van der Waals surface area contributed by atoms with Crippen LogP contribution in [-0.4, -0.2) is 60.5 Å². The summed E-state index contributed by atoms with van der Waals surface area (Å²) < 4.78 is 5.63. The first kappa shape index (κ1) is 17.8. The lowest BCUT2D eigenvalue weighted by molar-refractivity contribution is -0.122. The highest BCUT2D eigenvalue weighted by atomic mass is 16.3. The van der Waals surface area contributed by atoms with Crippen molar-refractivity contribution in [2.75, 3.05) is 26.7 Å². The van der Waals surface area contributed by atoms with Gasteiger partial charge in [0.2, 0.25) is 5.91 Å². The van der Waals surface area contributed by atoms with Crippen molar-refractivity contribution < 1.29 is 14.0 Å². The molecule has 1 aromatic rings. The number of rotatable bonds is 6. The summed E-state index contributed by atoms with van der Waals surface area (Å²) in [5.74, 6) is 1.74. The van der Waals surface area contributed by atoms with Crippen molar-refractivity contribution >= 4 is 11.9 Å². The van der Waals surface area contributed by atoms with Crippen LogP contribution >= 0.6 is 0 Å². The van der Waals surface area contributed by atoms with Crippen LogP contribution in [-0.2, 0) is 11.3 Å². The van der Waals surface area contributed by atoms with E-state index in [1.54, 1.807) is 7.05 Å². The van der Waals surface area contributed by atoms with Gasteiger partial charge in [0.05, 0.1) is 13.1 Å². The van der Waals surface area contributed by atoms with Crippen molar-refractivity contribution in [2.45, 2.75) is 51.2 Å². The number of likely N-dealkylation sites (tertiary alicyclic amines) is 1. The van der Waals surface area contributed by atoms with Crippen LogP contribution in [0.2, 0.25) is 0 Å². The fourth-order valence-corrected chi connectivity index (χ4v) is 3.27. The Morgan fingerprint density at radius 2 is 1.96 bits per heavy atom. The molecule has 1 saturated heterocycles. The molecule has 0 bridgehead atoms. The fraction of sp³-hybridized carbons (Fsp3) is 0.667. The van der Waals surface area contributed by atoms with E-state index in [0.717, 1.165) is 50.3 Å². The lowest BCUT2D eigenvalue weighted by Crippen LogP contribution is -2.50. The first-order valence-electron chi connectivity index (χ1n) is 9.10. The molecule has 2 fully saturated rings. The largest absolute Gasteiger partial charge is 0.464 e. The van der Waals surface area contributed by atoms with Gasteiger partial charge < -0.3 is 20.0 Å². The zero-order valence-corrected chi connectivity index (χ0v) is 15.1. The summed E-state index contributed by atoms with van der Waals surface area (Å²) in [5.41, 5.74) is 0. The van der Waals surface area contributed by atoms with Crippen molar-refractivity contribution in [3.8, 4) is 0 Å². The van der Waals surface area contributed by atoms with Gasteiger partial charge in [0.1, 0.15) is 11.5 Å². The Balaban J connectivity index is 1.48. The molecule has 0 unspecified atom stereocenters. The molecule has 3 rings (SSSR count).